The van der Waals surface area contributed by atoms with Gasteiger partial charge in [0.1, 0.15) is 0 Å². The molecule has 0 spiro atoms. The average Bonchev–Trinajstić information content (AvgIpc) is 2.45. The largest absolute Gasteiger partial charge is 0.310 e. The molecule has 21 heavy (non-hydrogen) atoms. The van der Waals surface area contributed by atoms with Crippen LogP contribution in [-0.2, 0) is 0 Å². The summed E-state index contributed by atoms with van der Waals surface area (Å²) in [4.78, 5) is 0. The van der Waals surface area contributed by atoms with E-state index in [4.69, 9.17) is 0 Å². The first kappa shape index (κ1) is 16.5. The first-order valence-corrected chi connectivity index (χ1v) is 8.87. The van der Waals surface area contributed by atoms with E-state index in [1.165, 1.54) is 48.8 Å². The first-order valence-electron chi connectivity index (χ1n) is 8.87. The molecule has 1 N–H and O–H groups in total. The molecule has 2 rings (SSSR count). The molecule has 0 saturated heterocycles. The van der Waals surface area contributed by atoms with Crippen LogP contribution in [0.5, 0.6) is 0 Å². The van der Waals surface area contributed by atoms with Gasteiger partial charge in [-0.3, -0.25) is 0 Å². The first-order chi connectivity index (χ1) is 10.1. The summed E-state index contributed by atoms with van der Waals surface area (Å²) in [5.74, 6) is 1.75. The van der Waals surface area contributed by atoms with Crippen molar-refractivity contribution in [3.05, 3.63) is 34.4 Å². The molecule has 0 amide bonds. The Morgan fingerprint density at radius 3 is 2.33 bits per heavy atom. The predicted molar refractivity (Wildman–Crippen MR) is 92.8 cm³/mol. The van der Waals surface area contributed by atoms with Crippen molar-refractivity contribution in [3.8, 4) is 0 Å². The number of nitrogens with one attached hydrogen (secondary N) is 1. The Morgan fingerprint density at radius 1 is 1.10 bits per heavy atom. The monoisotopic (exact) mass is 287 g/mol. The van der Waals surface area contributed by atoms with Gasteiger partial charge in [-0.05, 0) is 68.7 Å². The number of aryl methyl sites for hydroxylation is 3. The van der Waals surface area contributed by atoms with Gasteiger partial charge in [0.05, 0.1) is 0 Å². The van der Waals surface area contributed by atoms with Crippen molar-refractivity contribution >= 4 is 0 Å². The molecule has 1 nitrogen and oxygen atoms in total. The Morgan fingerprint density at radius 2 is 1.76 bits per heavy atom. The lowest BCUT2D eigenvalue weighted by Crippen LogP contribution is -2.32. The summed E-state index contributed by atoms with van der Waals surface area (Å²) < 4.78 is 0. The Kier molecular flexibility index (Phi) is 5.87. The van der Waals surface area contributed by atoms with Gasteiger partial charge in [0, 0.05) is 6.04 Å². The molecule has 118 valence electrons. The van der Waals surface area contributed by atoms with Crippen LogP contribution in [0.2, 0.25) is 0 Å². The minimum Gasteiger partial charge on any atom is -0.310 e. The number of rotatable bonds is 5. The Bertz CT molecular complexity index is 440. The van der Waals surface area contributed by atoms with Crippen molar-refractivity contribution in [2.45, 2.75) is 72.8 Å². The third kappa shape index (κ3) is 3.88. The maximum Gasteiger partial charge on any atom is 0.0353 e. The molecular formula is C20H33N. The zero-order chi connectivity index (χ0) is 15.4. The highest BCUT2D eigenvalue weighted by Gasteiger charge is 2.29. The van der Waals surface area contributed by atoms with Crippen molar-refractivity contribution in [2.75, 3.05) is 6.54 Å². The molecule has 3 atom stereocenters. The summed E-state index contributed by atoms with van der Waals surface area (Å²) in [7, 11) is 0. The van der Waals surface area contributed by atoms with Crippen LogP contribution in [-0.4, -0.2) is 6.54 Å². The van der Waals surface area contributed by atoms with E-state index in [1.807, 2.05) is 0 Å². The molecule has 0 aromatic heterocycles. The minimum absolute atomic E-state index is 0.546. The molecule has 1 aliphatic carbocycles. The second-order valence-corrected chi connectivity index (χ2v) is 7.05. The zero-order valence-electron chi connectivity index (χ0n) is 14.6. The van der Waals surface area contributed by atoms with Gasteiger partial charge in [0.15, 0.2) is 0 Å². The maximum absolute atomic E-state index is 3.81. The van der Waals surface area contributed by atoms with Crippen LogP contribution in [0.3, 0.4) is 0 Å². The van der Waals surface area contributed by atoms with Crippen LogP contribution >= 0.6 is 0 Å². The van der Waals surface area contributed by atoms with Crippen molar-refractivity contribution < 1.29 is 0 Å². The summed E-state index contributed by atoms with van der Waals surface area (Å²) in [5, 5.41) is 3.81. The van der Waals surface area contributed by atoms with E-state index in [-0.39, 0.29) is 0 Å². The van der Waals surface area contributed by atoms with Crippen molar-refractivity contribution in [1.29, 1.82) is 0 Å². The van der Waals surface area contributed by atoms with Gasteiger partial charge in [0.2, 0.25) is 0 Å². The lowest BCUT2D eigenvalue weighted by molar-refractivity contribution is 0.210. The van der Waals surface area contributed by atoms with Crippen molar-refractivity contribution in [1.82, 2.24) is 5.32 Å². The smallest absolute Gasteiger partial charge is 0.0353 e. The van der Waals surface area contributed by atoms with E-state index >= 15 is 0 Å². The molecule has 3 unspecified atom stereocenters. The maximum atomic E-state index is 3.81. The second-order valence-electron chi connectivity index (χ2n) is 7.05. The minimum atomic E-state index is 0.546. The Labute approximate surface area is 131 Å². The SMILES string of the molecule is CCNC(c1c(C)cc(C)cc1C)C1CCCC(CC)C1. The van der Waals surface area contributed by atoms with Crippen LogP contribution in [0.4, 0.5) is 0 Å². The van der Waals surface area contributed by atoms with E-state index < -0.39 is 0 Å². The molecule has 1 heteroatoms. The highest BCUT2D eigenvalue weighted by molar-refractivity contribution is 5.40. The van der Waals surface area contributed by atoms with Gasteiger partial charge in [0.25, 0.3) is 0 Å². The predicted octanol–water partition coefficient (Wildman–Crippen LogP) is 5.48. The molecule has 0 aliphatic heterocycles. The highest BCUT2D eigenvalue weighted by atomic mass is 14.9. The third-order valence-corrected chi connectivity index (χ3v) is 5.35. The fraction of sp³-hybridized carbons (Fsp3) is 0.700. The number of hydrogen-bond donors (Lipinski definition) is 1. The van der Waals surface area contributed by atoms with E-state index in [9.17, 15) is 0 Å². The van der Waals surface area contributed by atoms with Gasteiger partial charge in [-0.2, -0.15) is 0 Å². The molecule has 1 aromatic carbocycles. The summed E-state index contributed by atoms with van der Waals surface area (Å²) in [6.07, 6.45) is 7.00. The van der Waals surface area contributed by atoms with Crippen molar-refractivity contribution in [2.24, 2.45) is 11.8 Å². The van der Waals surface area contributed by atoms with Crippen LogP contribution in [0, 0.1) is 32.6 Å². The average molecular weight is 287 g/mol. The summed E-state index contributed by atoms with van der Waals surface area (Å²) >= 11 is 0. The van der Waals surface area contributed by atoms with Crippen LogP contribution in [0.1, 0.15) is 74.2 Å². The molecule has 1 fully saturated rings. The number of hydrogen-bond acceptors (Lipinski definition) is 1. The van der Waals surface area contributed by atoms with Crippen LogP contribution < -0.4 is 5.32 Å². The highest BCUT2D eigenvalue weighted by Crippen LogP contribution is 2.40. The van der Waals surface area contributed by atoms with E-state index in [1.54, 1.807) is 5.56 Å². The van der Waals surface area contributed by atoms with Crippen LogP contribution in [0.25, 0.3) is 0 Å². The van der Waals surface area contributed by atoms with Gasteiger partial charge in [-0.15, -0.1) is 0 Å². The summed E-state index contributed by atoms with van der Waals surface area (Å²) in [6, 6.07) is 5.25. The quantitative estimate of drug-likeness (QED) is 0.756. The van der Waals surface area contributed by atoms with Gasteiger partial charge >= 0.3 is 0 Å². The molecule has 1 saturated carbocycles. The number of benzene rings is 1. The van der Waals surface area contributed by atoms with E-state index in [2.05, 4.69) is 52.1 Å². The standard InChI is InChI=1S/C20H33N/c1-6-17-9-8-10-18(13-17)20(21-7-2)19-15(4)11-14(3)12-16(19)5/h11-12,17-18,20-21H,6-10,13H2,1-5H3. The van der Waals surface area contributed by atoms with Gasteiger partial charge in [-0.25, -0.2) is 0 Å². The summed E-state index contributed by atoms with van der Waals surface area (Å²) in [6.45, 7) is 12.5. The fourth-order valence-electron chi connectivity index (χ4n) is 4.41. The lowest BCUT2D eigenvalue weighted by Gasteiger charge is -2.36. The second kappa shape index (κ2) is 7.45. The van der Waals surface area contributed by atoms with Crippen molar-refractivity contribution in [3.63, 3.8) is 0 Å². The van der Waals surface area contributed by atoms with E-state index in [0.717, 1.165) is 18.4 Å². The lowest BCUT2D eigenvalue weighted by atomic mass is 9.74. The van der Waals surface area contributed by atoms with Gasteiger partial charge < -0.3 is 5.32 Å². The molecule has 0 heterocycles. The molecule has 0 bridgehead atoms. The Balaban J connectivity index is 2.30. The van der Waals surface area contributed by atoms with Crippen LogP contribution in [0.15, 0.2) is 12.1 Å². The third-order valence-electron chi connectivity index (χ3n) is 5.35. The molecule has 0 radical (unpaired) electrons. The molecule has 1 aromatic rings. The Hall–Kier alpha value is -0.820. The molecule has 1 aliphatic rings. The molecular weight excluding hydrogens is 254 g/mol. The van der Waals surface area contributed by atoms with Gasteiger partial charge in [-0.1, -0.05) is 50.8 Å². The zero-order valence-corrected chi connectivity index (χ0v) is 14.6. The topological polar surface area (TPSA) is 12.0 Å². The van der Waals surface area contributed by atoms with E-state index in [0.29, 0.717) is 6.04 Å². The summed E-state index contributed by atoms with van der Waals surface area (Å²) in [5.41, 5.74) is 5.90. The fourth-order valence-corrected chi connectivity index (χ4v) is 4.41. The normalized spacial score (nSPS) is 24.0.